The monoisotopic (exact) mass is 1260 g/mol. The lowest BCUT2D eigenvalue weighted by atomic mass is 10.1. The van der Waals surface area contributed by atoms with E-state index in [1.807, 2.05) is 60.7 Å². The summed E-state index contributed by atoms with van der Waals surface area (Å²) in [5.74, 6) is -1.70. The molecule has 4 aliphatic rings. The number of Topliss-reactive ketones (excluding diaryl/α,β-unsaturated/α-hetero) is 2. The van der Waals surface area contributed by atoms with Crippen LogP contribution in [-0.2, 0) is 88.4 Å². The Morgan fingerprint density at radius 3 is 1.26 bits per heavy atom. The Morgan fingerprint density at radius 2 is 0.953 bits per heavy atom. The van der Waals surface area contributed by atoms with Gasteiger partial charge in [-0.15, -0.1) is 0 Å². The number of amides is 3. The first-order valence-corrected chi connectivity index (χ1v) is 28.6. The largest absolute Gasteiger partial charge is 0.514 e. The Bertz CT molecular complexity index is 2470. The number of hydrogen-bond donors (Lipinski definition) is 5. The van der Waals surface area contributed by atoms with E-state index in [4.69, 9.17) is 55.8 Å². The zero-order valence-corrected chi connectivity index (χ0v) is 50.4. The number of rotatable bonds is 18. The predicted octanol–water partition coefficient (Wildman–Crippen LogP) is 2.25. The first-order chi connectivity index (χ1) is 41.0. The minimum Gasteiger partial charge on any atom is -0.479 e. The van der Waals surface area contributed by atoms with Gasteiger partial charge in [-0.2, -0.15) is 16.8 Å². The SMILES string of the molecule is CC(=O)[C@@H]1CO1.CC[C@H](O)C(=O)N1CCOCC1.CC[C@H](O)C(=O)O.CC[C@H](O)C(C)=O.O=C(Oc1ccc([N+](=O)[O-])cc1)O[C@@H](CCc1ccccc1)C(=O)N1CCOCC1.O=C([C@@H](O)CCc1ccccc1)N1CCOCC1.O=S=O.O=S=O. The number of morpholine rings is 3. The average Bonchev–Trinajstić information content (AvgIpc) is 4.55. The van der Waals surface area contributed by atoms with Crippen molar-refractivity contribution < 1.29 is 109 Å². The molecule has 28 nitrogen and oxygen atoms in total. The third-order valence-electron chi connectivity index (χ3n) is 12.1. The fourth-order valence-corrected chi connectivity index (χ4v) is 7.01. The van der Waals surface area contributed by atoms with Gasteiger partial charge in [0.25, 0.3) is 23.4 Å². The molecule has 30 heteroatoms. The number of non-ortho nitro benzene ring substituents is 1. The van der Waals surface area contributed by atoms with Crippen LogP contribution >= 0.6 is 0 Å². The number of ether oxygens (including phenoxy) is 6. The number of hydrogen-bond acceptors (Lipinski definition) is 23. The minimum absolute atomic E-state index is 0.0370. The van der Waals surface area contributed by atoms with Gasteiger partial charge < -0.3 is 68.7 Å². The molecule has 0 spiro atoms. The fraction of sp³-hybridized carbons (Fsp3) is 0.554. The van der Waals surface area contributed by atoms with Gasteiger partial charge in [-0.05, 0) is 82.1 Å². The molecule has 5 N–H and O–H groups in total. The molecule has 3 aromatic rings. The van der Waals surface area contributed by atoms with Gasteiger partial charge in [-0.3, -0.25) is 34.1 Å². The summed E-state index contributed by atoms with van der Waals surface area (Å²) in [6.07, 6.45) is -2.41. The lowest BCUT2D eigenvalue weighted by molar-refractivity contribution is -0.384. The van der Waals surface area contributed by atoms with Gasteiger partial charge in [-0.25, -0.2) is 9.59 Å². The minimum atomic E-state index is -1.18. The second-order valence-corrected chi connectivity index (χ2v) is 18.6. The van der Waals surface area contributed by atoms with Crippen LogP contribution < -0.4 is 4.74 Å². The Hall–Kier alpha value is -7.13. The molecule has 480 valence electrons. The predicted molar refractivity (Wildman–Crippen MR) is 307 cm³/mol. The first kappa shape index (κ1) is 78.9. The third-order valence-corrected chi connectivity index (χ3v) is 12.1. The molecule has 0 aromatic heterocycles. The van der Waals surface area contributed by atoms with Gasteiger partial charge in [0, 0.05) is 51.4 Å². The molecule has 4 aliphatic heterocycles. The molecule has 3 aromatic carbocycles. The molecule has 4 fully saturated rings. The molecule has 6 atom stereocenters. The molecule has 0 aliphatic carbocycles. The molecular formula is C56H80N4O24S2. The summed E-state index contributed by atoms with van der Waals surface area (Å²) >= 11 is -1.50. The summed E-state index contributed by atoms with van der Waals surface area (Å²) in [4.78, 5) is 93.4. The summed E-state index contributed by atoms with van der Waals surface area (Å²) in [6, 6.07) is 24.5. The molecule has 0 bridgehead atoms. The third kappa shape index (κ3) is 36.7. The zero-order valence-electron chi connectivity index (χ0n) is 48.8. The van der Waals surface area contributed by atoms with Crippen molar-refractivity contribution in [1.82, 2.24) is 14.7 Å². The standard InChI is InChI=1S/C21H22N2O7.C14H19NO3.C8H15NO3.C5H10O2.C4H8O3.C4H6O2.2O2S/c24-20(22-12-14-28-15-13-22)19(11-6-16-4-2-1-3-5-16)30-21(25)29-18-9-7-17(8-10-18)23(26)27;16-13(7-6-12-4-2-1-3-5-12)14(17)15-8-10-18-11-9-15;1-2-7(10)8(11)9-3-5-12-6-4-9;1-3-5(7)4(2)6;1-2-3(5)4(6)7;1-3(5)4-2-6-4;2*1-3-2/h1-5,7-10,19H,6,11-15H2;1-5,13,16H,6-11H2;7,10H,2-6H2,1H3;5,7H,3H2,1-2H3;3,5H,2H2,1H3,(H,6,7);4H,2H2,1H3;;/t19-;13-;7-;5-;3-;4-;;/m000000../s1. The van der Waals surface area contributed by atoms with Crippen molar-refractivity contribution in [2.24, 2.45) is 0 Å². The van der Waals surface area contributed by atoms with Gasteiger partial charge in [0.2, 0.25) is 0 Å². The number of epoxide rings is 1. The van der Waals surface area contributed by atoms with Gasteiger partial charge >= 0.3 is 35.3 Å². The number of carboxylic acids is 1. The second-order valence-electron chi connectivity index (χ2n) is 18.4. The van der Waals surface area contributed by atoms with Gasteiger partial charge in [0.15, 0.2) is 23.8 Å². The summed E-state index contributed by atoms with van der Waals surface area (Å²) in [5.41, 5.74) is 2.04. The Kier molecular flexibility index (Phi) is 44.1. The van der Waals surface area contributed by atoms with E-state index >= 15 is 0 Å². The number of ketones is 2. The molecule has 3 amide bonds. The van der Waals surface area contributed by atoms with Crippen molar-refractivity contribution in [3.63, 3.8) is 0 Å². The van der Waals surface area contributed by atoms with E-state index < -0.39 is 70.7 Å². The number of nitrogens with zero attached hydrogens (tertiary/aromatic N) is 4. The van der Waals surface area contributed by atoms with Crippen LogP contribution in [0.4, 0.5) is 10.5 Å². The van der Waals surface area contributed by atoms with Gasteiger partial charge in [0.1, 0.15) is 30.2 Å². The highest BCUT2D eigenvalue weighted by Gasteiger charge is 2.30. The van der Waals surface area contributed by atoms with Crippen molar-refractivity contribution in [1.29, 1.82) is 0 Å². The van der Waals surface area contributed by atoms with E-state index in [0.717, 1.165) is 17.5 Å². The zero-order chi connectivity index (χ0) is 64.8. The normalized spacial score (nSPS) is 16.2. The number of aliphatic carboxylic acids is 1. The number of carbonyl (C=O) groups is 7. The van der Waals surface area contributed by atoms with E-state index in [9.17, 15) is 53.9 Å². The maximum atomic E-state index is 12.9. The van der Waals surface area contributed by atoms with Crippen LogP contribution in [0.1, 0.15) is 77.8 Å². The number of aryl methyl sites for hydroxylation is 2. The second kappa shape index (κ2) is 48.0. The number of nitro groups is 1. The van der Waals surface area contributed by atoms with Crippen LogP contribution in [0.2, 0.25) is 0 Å². The summed E-state index contributed by atoms with van der Waals surface area (Å²) in [7, 11) is 0. The van der Waals surface area contributed by atoms with E-state index in [1.54, 1.807) is 35.5 Å². The number of nitro benzene ring substituents is 1. The molecule has 0 radical (unpaired) electrons. The molecule has 86 heavy (non-hydrogen) atoms. The van der Waals surface area contributed by atoms with Crippen LogP contribution in [0.5, 0.6) is 5.75 Å². The molecule has 4 heterocycles. The fourth-order valence-electron chi connectivity index (χ4n) is 7.01. The number of carboxylic acid groups (broad SMARTS) is 1. The molecular weight excluding hydrogens is 1180 g/mol. The van der Waals surface area contributed by atoms with Crippen molar-refractivity contribution in [2.45, 2.75) is 116 Å². The lowest BCUT2D eigenvalue weighted by Crippen LogP contribution is -2.47. The number of aliphatic hydroxyl groups is 4. The average molecular weight is 1260 g/mol. The summed E-state index contributed by atoms with van der Waals surface area (Å²) in [6.45, 7) is 15.2. The maximum Gasteiger partial charge on any atom is 0.514 e. The Labute approximate surface area is 506 Å². The maximum absolute atomic E-state index is 12.9. The molecule has 7 rings (SSSR count). The molecule has 0 unspecified atom stereocenters. The molecule has 4 saturated heterocycles. The van der Waals surface area contributed by atoms with E-state index in [1.165, 1.54) is 38.1 Å². The van der Waals surface area contributed by atoms with Gasteiger partial charge in [0.05, 0.1) is 51.2 Å². The van der Waals surface area contributed by atoms with Crippen molar-refractivity contribution in [3.8, 4) is 5.75 Å². The highest BCUT2D eigenvalue weighted by atomic mass is 32.1. The van der Waals surface area contributed by atoms with Crippen LogP contribution in [0, 0.1) is 10.1 Å². The number of carbonyl (C=O) groups excluding carboxylic acids is 6. The van der Waals surface area contributed by atoms with Crippen LogP contribution in [0.3, 0.4) is 0 Å². The number of benzene rings is 3. The van der Waals surface area contributed by atoms with E-state index in [0.29, 0.717) is 118 Å². The number of aliphatic hydroxyl groups excluding tert-OH is 4. The van der Waals surface area contributed by atoms with Crippen molar-refractivity contribution >= 4 is 70.2 Å². The molecule has 0 saturated carbocycles. The quantitative estimate of drug-likeness (QED) is 0.0401. The summed E-state index contributed by atoms with van der Waals surface area (Å²) < 4.78 is 63.8. The highest BCUT2D eigenvalue weighted by Crippen LogP contribution is 2.19. The van der Waals surface area contributed by atoms with E-state index in [-0.39, 0.29) is 53.2 Å². The van der Waals surface area contributed by atoms with E-state index in [2.05, 4.69) is 4.74 Å². The lowest BCUT2D eigenvalue weighted by Gasteiger charge is -2.30. The van der Waals surface area contributed by atoms with Gasteiger partial charge in [-0.1, -0.05) is 81.4 Å². The smallest absolute Gasteiger partial charge is 0.479 e. The topological polar surface area (TPSA) is 400 Å². The van der Waals surface area contributed by atoms with Crippen LogP contribution in [0.15, 0.2) is 84.9 Å². The van der Waals surface area contributed by atoms with Crippen LogP contribution in [-0.4, -0.2) is 226 Å². The van der Waals surface area contributed by atoms with Crippen molar-refractivity contribution in [2.75, 3.05) is 85.5 Å². The summed E-state index contributed by atoms with van der Waals surface area (Å²) in [5, 5.41) is 54.7. The van der Waals surface area contributed by atoms with Crippen molar-refractivity contribution in [3.05, 3.63) is 106 Å². The first-order valence-electron chi connectivity index (χ1n) is 27.3. The highest BCUT2D eigenvalue weighted by molar-refractivity contribution is 7.52. The Balaban J connectivity index is 0.00000109. The Morgan fingerprint density at radius 1 is 0.581 bits per heavy atom. The van der Waals surface area contributed by atoms with Crippen LogP contribution in [0.25, 0.3) is 0 Å².